The minimum atomic E-state index is -4.61. The second kappa shape index (κ2) is 8.69. The number of carbonyl (C=O) groups excluding carboxylic acids is 3. The fourth-order valence-corrected chi connectivity index (χ4v) is 3.43. The number of nitrogens with zero attached hydrogens (tertiary/aromatic N) is 2. The summed E-state index contributed by atoms with van der Waals surface area (Å²) in [5.41, 5.74) is 4.74. The number of aromatic nitrogens is 1. The quantitative estimate of drug-likeness (QED) is 0.681. The minimum absolute atomic E-state index is 0.0132. The summed E-state index contributed by atoms with van der Waals surface area (Å²) in [7, 11) is 1.15. The Hall–Kier alpha value is -3.89. The fourth-order valence-electron chi connectivity index (χ4n) is 3.43. The molecule has 2 heterocycles. The lowest BCUT2D eigenvalue weighted by atomic mass is 9.94. The summed E-state index contributed by atoms with van der Waals surface area (Å²) in [6.45, 7) is 1.66. The highest BCUT2D eigenvalue weighted by molar-refractivity contribution is 6.03. The molecule has 0 fully saturated rings. The van der Waals surface area contributed by atoms with Crippen molar-refractivity contribution in [2.24, 2.45) is 5.73 Å². The molecule has 11 heteroatoms. The van der Waals surface area contributed by atoms with Gasteiger partial charge in [0.2, 0.25) is 0 Å². The molecule has 1 aromatic carbocycles. The highest BCUT2D eigenvalue weighted by Gasteiger charge is 2.39. The van der Waals surface area contributed by atoms with Crippen LogP contribution in [0, 0.1) is 0 Å². The van der Waals surface area contributed by atoms with E-state index in [9.17, 15) is 27.6 Å². The smallest absolute Gasteiger partial charge is 0.416 e. The van der Waals surface area contributed by atoms with Crippen LogP contribution < -0.4 is 16.0 Å². The Morgan fingerprint density at radius 3 is 2.50 bits per heavy atom. The van der Waals surface area contributed by atoms with Gasteiger partial charge in [-0.25, -0.2) is 9.59 Å². The van der Waals surface area contributed by atoms with E-state index < -0.39 is 35.7 Å². The molecule has 1 aliphatic heterocycles. The van der Waals surface area contributed by atoms with Crippen LogP contribution in [0.3, 0.4) is 0 Å². The molecular formula is C21H19F3N4O4. The summed E-state index contributed by atoms with van der Waals surface area (Å²) in [4.78, 5) is 41.9. The molecule has 0 unspecified atom stereocenters. The number of hydrogen-bond acceptors (Lipinski definition) is 5. The van der Waals surface area contributed by atoms with Gasteiger partial charge in [-0.2, -0.15) is 13.2 Å². The van der Waals surface area contributed by atoms with E-state index in [0.29, 0.717) is 5.56 Å². The first-order chi connectivity index (χ1) is 15.1. The fraction of sp³-hybridized carbons (Fsp3) is 0.238. The van der Waals surface area contributed by atoms with E-state index in [1.54, 1.807) is 6.92 Å². The molecule has 32 heavy (non-hydrogen) atoms. The van der Waals surface area contributed by atoms with Crippen molar-refractivity contribution in [3.63, 3.8) is 0 Å². The molecular weight excluding hydrogens is 429 g/mol. The topological polar surface area (TPSA) is 115 Å². The molecule has 0 saturated carbocycles. The van der Waals surface area contributed by atoms with Gasteiger partial charge < -0.3 is 15.8 Å². The van der Waals surface area contributed by atoms with Crippen LogP contribution in [-0.2, 0) is 15.7 Å². The number of hydrogen-bond donors (Lipinski definition) is 2. The third-order valence-corrected chi connectivity index (χ3v) is 4.88. The van der Waals surface area contributed by atoms with Crippen LogP contribution in [0.2, 0.25) is 0 Å². The lowest BCUT2D eigenvalue weighted by Crippen LogP contribution is -2.48. The summed E-state index contributed by atoms with van der Waals surface area (Å²) in [6, 6.07) is 5.29. The van der Waals surface area contributed by atoms with E-state index in [1.165, 1.54) is 30.5 Å². The first kappa shape index (κ1) is 22.8. The van der Waals surface area contributed by atoms with Crippen LogP contribution in [-0.4, -0.2) is 30.0 Å². The number of ether oxygens (including phenoxy) is 1. The van der Waals surface area contributed by atoms with Crippen LogP contribution in [0.25, 0.3) is 0 Å². The zero-order valence-electron chi connectivity index (χ0n) is 17.1. The average molecular weight is 448 g/mol. The monoisotopic (exact) mass is 448 g/mol. The first-order valence-corrected chi connectivity index (χ1v) is 9.43. The standard InChI is InChI=1S/C21H19F3N4O4/c1-3-15-16(19(30)32-2)17(11-7-8-14(18(25)29)26-10-11)27-20(31)28(15)13-6-4-5-12(9-13)21(22,23)24/h4-10,17H,3H2,1-2H3,(H2,25,29)(H,27,31)/t17-/m1/s1. The van der Waals surface area contributed by atoms with Crippen molar-refractivity contribution in [2.75, 3.05) is 12.0 Å². The maximum Gasteiger partial charge on any atom is 0.416 e. The summed E-state index contributed by atoms with van der Waals surface area (Å²) >= 11 is 0. The van der Waals surface area contributed by atoms with Crippen molar-refractivity contribution in [2.45, 2.75) is 25.6 Å². The molecule has 0 radical (unpaired) electrons. The predicted octanol–water partition coefficient (Wildman–Crippen LogP) is 3.31. The van der Waals surface area contributed by atoms with E-state index in [2.05, 4.69) is 10.3 Å². The third-order valence-electron chi connectivity index (χ3n) is 4.88. The van der Waals surface area contributed by atoms with E-state index in [0.717, 1.165) is 24.1 Å². The maximum absolute atomic E-state index is 13.2. The minimum Gasteiger partial charge on any atom is -0.466 e. The average Bonchev–Trinajstić information content (AvgIpc) is 2.77. The summed E-state index contributed by atoms with van der Waals surface area (Å²) in [6.07, 6.45) is -3.20. The molecule has 3 rings (SSSR count). The van der Waals surface area contributed by atoms with Crippen molar-refractivity contribution in [3.8, 4) is 0 Å². The molecule has 3 amide bonds. The van der Waals surface area contributed by atoms with Gasteiger partial charge in [0.25, 0.3) is 5.91 Å². The summed E-state index contributed by atoms with van der Waals surface area (Å²) in [5, 5.41) is 2.61. The number of methoxy groups -OCH3 is 1. The van der Waals surface area contributed by atoms with Gasteiger partial charge in [0.05, 0.1) is 30.0 Å². The van der Waals surface area contributed by atoms with Gasteiger partial charge >= 0.3 is 18.2 Å². The van der Waals surface area contributed by atoms with Gasteiger partial charge in [0.1, 0.15) is 5.69 Å². The second-order valence-electron chi connectivity index (χ2n) is 6.81. The van der Waals surface area contributed by atoms with Crippen molar-refractivity contribution in [1.82, 2.24) is 10.3 Å². The van der Waals surface area contributed by atoms with Gasteiger partial charge in [0, 0.05) is 11.9 Å². The van der Waals surface area contributed by atoms with E-state index >= 15 is 0 Å². The number of anilines is 1. The number of allylic oxidation sites excluding steroid dienone is 1. The summed E-state index contributed by atoms with van der Waals surface area (Å²) < 4.78 is 44.5. The highest BCUT2D eigenvalue weighted by Crippen LogP contribution is 2.37. The Labute approximate surface area is 180 Å². The van der Waals surface area contributed by atoms with Crippen LogP contribution in [0.4, 0.5) is 23.7 Å². The number of benzene rings is 1. The Balaban J connectivity index is 2.16. The van der Waals surface area contributed by atoms with Crippen molar-refractivity contribution >= 4 is 23.6 Å². The zero-order valence-corrected chi connectivity index (χ0v) is 17.1. The van der Waals surface area contributed by atoms with Gasteiger partial charge in [-0.15, -0.1) is 0 Å². The maximum atomic E-state index is 13.2. The molecule has 0 saturated heterocycles. The van der Waals surface area contributed by atoms with E-state index in [1.807, 2.05) is 0 Å². The third kappa shape index (κ3) is 4.27. The van der Waals surface area contributed by atoms with Crippen LogP contribution >= 0.6 is 0 Å². The van der Waals surface area contributed by atoms with Gasteiger partial charge in [0.15, 0.2) is 0 Å². The second-order valence-corrected chi connectivity index (χ2v) is 6.81. The number of nitrogens with one attached hydrogen (secondary N) is 1. The lowest BCUT2D eigenvalue weighted by molar-refractivity contribution is -0.138. The van der Waals surface area contributed by atoms with Crippen LogP contribution in [0.15, 0.2) is 53.9 Å². The molecule has 0 bridgehead atoms. The molecule has 168 valence electrons. The highest BCUT2D eigenvalue weighted by atomic mass is 19.4. The zero-order chi connectivity index (χ0) is 23.6. The molecule has 3 N–H and O–H groups in total. The van der Waals surface area contributed by atoms with Gasteiger partial charge in [-0.1, -0.05) is 19.1 Å². The molecule has 2 aromatic rings. The number of alkyl halides is 3. The Morgan fingerprint density at radius 1 is 1.25 bits per heavy atom. The Bertz CT molecular complexity index is 1100. The van der Waals surface area contributed by atoms with E-state index in [-0.39, 0.29) is 29.1 Å². The van der Waals surface area contributed by atoms with Crippen molar-refractivity contribution < 1.29 is 32.3 Å². The molecule has 1 aromatic heterocycles. The predicted molar refractivity (Wildman–Crippen MR) is 107 cm³/mol. The number of halogens is 3. The molecule has 8 nitrogen and oxygen atoms in total. The number of primary amides is 1. The number of carbonyl (C=O) groups is 3. The van der Waals surface area contributed by atoms with Crippen LogP contribution in [0.1, 0.15) is 41.0 Å². The van der Waals surface area contributed by atoms with Crippen LogP contribution in [0.5, 0.6) is 0 Å². The normalized spacial score (nSPS) is 16.6. The number of pyridine rings is 1. The number of amides is 3. The van der Waals surface area contributed by atoms with Gasteiger partial charge in [-0.3, -0.25) is 14.7 Å². The largest absolute Gasteiger partial charge is 0.466 e. The number of nitrogens with two attached hydrogens (primary N) is 1. The first-order valence-electron chi connectivity index (χ1n) is 9.43. The van der Waals surface area contributed by atoms with E-state index in [4.69, 9.17) is 10.5 Å². The van der Waals surface area contributed by atoms with Gasteiger partial charge in [-0.05, 0) is 36.2 Å². The van der Waals surface area contributed by atoms with Crippen molar-refractivity contribution in [3.05, 3.63) is 70.7 Å². The lowest BCUT2D eigenvalue weighted by Gasteiger charge is -2.36. The number of esters is 1. The molecule has 1 atom stereocenters. The SMILES string of the molecule is CCC1=C(C(=O)OC)[C@@H](c2ccc(C(N)=O)nc2)NC(=O)N1c1cccc(C(F)(F)F)c1. The number of rotatable bonds is 5. The Morgan fingerprint density at radius 2 is 1.97 bits per heavy atom. The molecule has 0 aliphatic carbocycles. The molecule has 1 aliphatic rings. The molecule has 0 spiro atoms. The Kier molecular flexibility index (Phi) is 6.19. The number of urea groups is 1. The summed E-state index contributed by atoms with van der Waals surface area (Å²) in [5.74, 6) is -1.53. The van der Waals surface area contributed by atoms with Crippen molar-refractivity contribution in [1.29, 1.82) is 0 Å².